The van der Waals surface area contributed by atoms with E-state index in [1.54, 1.807) is 32.9 Å². The van der Waals surface area contributed by atoms with Crippen LogP contribution in [0.25, 0.3) is 0 Å². The maximum absolute atomic E-state index is 11.6. The zero-order valence-electron chi connectivity index (χ0n) is 10.8. The highest BCUT2D eigenvalue weighted by Crippen LogP contribution is 2.20. The lowest BCUT2D eigenvalue weighted by Crippen LogP contribution is -2.32. The second-order valence-corrected chi connectivity index (χ2v) is 5.77. The highest BCUT2D eigenvalue weighted by molar-refractivity contribution is 9.10. The molecule has 1 amide bonds. The summed E-state index contributed by atoms with van der Waals surface area (Å²) in [6.45, 7) is 7.06. The Morgan fingerprint density at radius 3 is 2.39 bits per heavy atom. The predicted octanol–water partition coefficient (Wildman–Crippen LogP) is 3.04. The molecule has 4 nitrogen and oxygen atoms in total. The van der Waals surface area contributed by atoms with Gasteiger partial charge >= 0.3 is 11.9 Å². The van der Waals surface area contributed by atoms with E-state index in [-0.39, 0.29) is 0 Å². The van der Waals surface area contributed by atoms with Crippen LogP contribution in [0.1, 0.15) is 26.3 Å². The van der Waals surface area contributed by atoms with E-state index in [1.165, 1.54) is 0 Å². The molecule has 0 fully saturated rings. The maximum atomic E-state index is 11.6. The van der Waals surface area contributed by atoms with E-state index in [0.717, 1.165) is 10.0 Å². The van der Waals surface area contributed by atoms with Gasteiger partial charge in [-0.05, 0) is 45.4 Å². The molecule has 98 valence electrons. The van der Waals surface area contributed by atoms with Crippen molar-refractivity contribution in [2.45, 2.75) is 33.3 Å². The normalized spacial score (nSPS) is 10.9. The number of anilines is 1. The van der Waals surface area contributed by atoms with E-state index in [4.69, 9.17) is 4.74 Å². The topological polar surface area (TPSA) is 55.4 Å². The van der Waals surface area contributed by atoms with Crippen molar-refractivity contribution >= 4 is 33.5 Å². The lowest BCUT2D eigenvalue weighted by molar-refractivity contribution is -0.161. The molecule has 0 heterocycles. The summed E-state index contributed by atoms with van der Waals surface area (Å²) < 4.78 is 5.83. The van der Waals surface area contributed by atoms with Gasteiger partial charge < -0.3 is 10.1 Å². The summed E-state index contributed by atoms with van der Waals surface area (Å²) in [7, 11) is 0. The van der Waals surface area contributed by atoms with E-state index in [1.807, 2.05) is 13.0 Å². The van der Waals surface area contributed by atoms with Crippen LogP contribution in [0.5, 0.6) is 0 Å². The Morgan fingerprint density at radius 2 is 1.89 bits per heavy atom. The van der Waals surface area contributed by atoms with Crippen molar-refractivity contribution in [2.24, 2.45) is 0 Å². The summed E-state index contributed by atoms with van der Waals surface area (Å²) in [4.78, 5) is 23.1. The zero-order valence-corrected chi connectivity index (χ0v) is 12.4. The molecule has 0 aliphatic carbocycles. The predicted molar refractivity (Wildman–Crippen MR) is 73.4 cm³/mol. The fourth-order valence-corrected chi connectivity index (χ4v) is 1.56. The number of aryl methyl sites for hydroxylation is 1. The molecule has 0 atom stereocenters. The van der Waals surface area contributed by atoms with Crippen LogP contribution in [0.3, 0.4) is 0 Å². The van der Waals surface area contributed by atoms with Crippen LogP contribution in [-0.2, 0) is 14.3 Å². The summed E-state index contributed by atoms with van der Waals surface area (Å²) in [5.74, 6) is -1.67. The Bertz CT molecular complexity index is 478. The number of ether oxygens (including phenoxy) is 1. The van der Waals surface area contributed by atoms with Gasteiger partial charge in [-0.1, -0.05) is 22.0 Å². The Hall–Kier alpha value is -1.36. The molecule has 0 aliphatic rings. The van der Waals surface area contributed by atoms with E-state index in [2.05, 4.69) is 21.2 Å². The molecule has 0 saturated heterocycles. The number of carbonyl (C=O) groups is 2. The minimum atomic E-state index is -0.890. The third kappa shape index (κ3) is 4.49. The van der Waals surface area contributed by atoms with Gasteiger partial charge in [0.1, 0.15) is 5.60 Å². The summed E-state index contributed by atoms with van der Waals surface area (Å²) in [5.41, 5.74) is 0.913. The Balaban J connectivity index is 2.70. The van der Waals surface area contributed by atoms with Crippen molar-refractivity contribution in [3.05, 3.63) is 28.2 Å². The largest absolute Gasteiger partial charge is 0.453 e. The Labute approximate surface area is 115 Å². The molecule has 0 spiro atoms. The highest BCUT2D eigenvalue weighted by Gasteiger charge is 2.22. The molecule has 0 unspecified atom stereocenters. The van der Waals surface area contributed by atoms with Gasteiger partial charge in [-0.15, -0.1) is 0 Å². The standard InChI is InChI=1S/C13H16BrNO3/c1-8-5-6-9(7-10(8)14)15-11(16)12(17)18-13(2,3)4/h5-7H,1-4H3,(H,15,16). The first-order valence-electron chi connectivity index (χ1n) is 5.49. The SMILES string of the molecule is Cc1ccc(NC(=O)C(=O)OC(C)(C)C)cc1Br. The summed E-state index contributed by atoms with van der Waals surface area (Å²) in [6, 6.07) is 5.30. The number of amides is 1. The summed E-state index contributed by atoms with van der Waals surface area (Å²) >= 11 is 3.35. The van der Waals surface area contributed by atoms with Gasteiger partial charge in [0.2, 0.25) is 0 Å². The second kappa shape index (κ2) is 5.52. The minimum Gasteiger partial charge on any atom is -0.453 e. The van der Waals surface area contributed by atoms with Crippen molar-refractivity contribution in [3.63, 3.8) is 0 Å². The third-order valence-corrected chi connectivity index (χ3v) is 2.87. The number of halogens is 1. The second-order valence-electron chi connectivity index (χ2n) is 4.92. The van der Waals surface area contributed by atoms with Crippen molar-refractivity contribution in [3.8, 4) is 0 Å². The smallest absolute Gasteiger partial charge is 0.397 e. The van der Waals surface area contributed by atoms with Crippen molar-refractivity contribution in [1.29, 1.82) is 0 Å². The summed E-state index contributed by atoms with van der Waals surface area (Å²) in [5, 5.41) is 2.49. The number of hydrogen-bond acceptors (Lipinski definition) is 3. The van der Waals surface area contributed by atoms with E-state index in [0.29, 0.717) is 5.69 Å². The van der Waals surface area contributed by atoms with Gasteiger partial charge in [-0.25, -0.2) is 4.79 Å². The quantitative estimate of drug-likeness (QED) is 0.640. The van der Waals surface area contributed by atoms with Crippen LogP contribution in [0.2, 0.25) is 0 Å². The first kappa shape index (κ1) is 14.7. The van der Waals surface area contributed by atoms with Gasteiger partial charge in [-0.3, -0.25) is 4.79 Å². The molecule has 1 N–H and O–H groups in total. The average Bonchev–Trinajstić information content (AvgIpc) is 2.21. The lowest BCUT2D eigenvalue weighted by atomic mass is 10.2. The zero-order chi connectivity index (χ0) is 13.9. The van der Waals surface area contributed by atoms with Crippen molar-refractivity contribution < 1.29 is 14.3 Å². The van der Waals surface area contributed by atoms with Crippen LogP contribution < -0.4 is 5.32 Å². The van der Waals surface area contributed by atoms with E-state index >= 15 is 0 Å². The molecule has 1 aromatic carbocycles. The molecule has 1 rings (SSSR count). The molecule has 0 bridgehead atoms. The number of rotatable bonds is 1. The van der Waals surface area contributed by atoms with Crippen molar-refractivity contribution in [2.75, 3.05) is 5.32 Å². The summed E-state index contributed by atoms with van der Waals surface area (Å²) in [6.07, 6.45) is 0. The van der Waals surface area contributed by atoms with Crippen LogP contribution in [0, 0.1) is 6.92 Å². The molecule has 0 aliphatic heterocycles. The van der Waals surface area contributed by atoms with E-state index in [9.17, 15) is 9.59 Å². The molecule has 5 heteroatoms. The van der Waals surface area contributed by atoms with Gasteiger partial charge in [0, 0.05) is 10.2 Å². The van der Waals surface area contributed by atoms with Crippen LogP contribution in [0.4, 0.5) is 5.69 Å². The fraction of sp³-hybridized carbons (Fsp3) is 0.385. The average molecular weight is 314 g/mol. The number of nitrogens with one attached hydrogen (secondary N) is 1. The number of benzene rings is 1. The molecule has 1 aromatic rings. The van der Waals surface area contributed by atoms with Crippen LogP contribution in [-0.4, -0.2) is 17.5 Å². The number of esters is 1. The van der Waals surface area contributed by atoms with Gasteiger partial charge in [-0.2, -0.15) is 0 Å². The van der Waals surface area contributed by atoms with Gasteiger partial charge in [0.15, 0.2) is 0 Å². The monoisotopic (exact) mass is 313 g/mol. The molecule has 0 radical (unpaired) electrons. The minimum absolute atomic E-state index is 0.545. The highest BCUT2D eigenvalue weighted by atomic mass is 79.9. The Morgan fingerprint density at radius 1 is 1.28 bits per heavy atom. The first-order valence-corrected chi connectivity index (χ1v) is 6.29. The maximum Gasteiger partial charge on any atom is 0.397 e. The molecule has 0 aromatic heterocycles. The van der Waals surface area contributed by atoms with Crippen molar-refractivity contribution in [1.82, 2.24) is 0 Å². The number of carbonyl (C=O) groups excluding carboxylic acids is 2. The number of hydrogen-bond donors (Lipinski definition) is 1. The van der Waals surface area contributed by atoms with Gasteiger partial charge in [0.25, 0.3) is 0 Å². The first-order chi connectivity index (χ1) is 8.19. The fourth-order valence-electron chi connectivity index (χ4n) is 1.18. The third-order valence-electron chi connectivity index (χ3n) is 2.01. The molecular formula is C13H16BrNO3. The van der Waals surface area contributed by atoms with Crippen LogP contribution in [0.15, 0.2) is 22.7 Å². The van der Waals surface area contributed by atoms with E-state index < -0.39 is 17.5 Å². The van der Waals surface area contributed by atoms with Gasteiger partial charge in [0.05, 0.1) is 0 Å². The van der Waals surface area contributed by atoms with Crippen LogP contribution >= 0.6 is 15.9 Å². The lowest BCUT2D eigenvalue weighted by Gasteiger charge is -2.18. The molecule has 18 heavy (non-hydrogen) atoms. The Kier molecular flexibility index (Phi) is 4.51. The molecular weight excluding hydrogens is 298 g/mol. The molecule has 0 saturated carbocycles.